The van der Waals surface area contributed by atoms with Crippen LogP contribution < -0.4 is 5.69 Å². The Bertz CT molecular complexity index is 1440. The summed E-state index contributed by atoms with van der Waals surface area (Å²) in [6, 6.07) is 1.33. The van der Waals surface area contributed by atoms with Crippen molar-refractivity contribution < 1.29 is 60.2 Å². The first-order chi connectivity index (χ1) is 26.2. The smallest absolute Gasteiger partial charge is 0.453 e. The molecule has 1 aliphatic heterocycles. The molecular weight excluding hydrogens is 757 g/mol. The summed E-state index contributed by atoms with van der Waals surface area (Å²) in [5.74, 6) is -6.30. The van der Waals surface area contributed by atoms with Crippen molar-refractivity contribution in [3.05, 3.63) is 28.4 Å². The molecule has 0 radical (unpaired) electrons. The fraction of sp³-hybridized carbons (Fsp3) is 0.821. The average molecular weight is 823 g/mol. The van der Waals surface area contributed by atoms with Gasteiger partial charge in [0.1, 0.15) is 6.10 Å². The molecule has 0 bridgehead atoms. The molecule has 1 saturated heterocycles. The van der Waals surface area contributed by atoms with E-state index in [0.29, 0.717) is 17.4 Å². The number of rotatable bonds is 26. The maximum Gasteiger partial charge on any atom is 0.480 e. The molecule has 0 aliphatic carbocycles. The van der Waals surface area contributed by atoms with Crippen molar-refractivity contribution >= 4 is 25.7 Å². The summed E-state index contributed by atoms with van der Waals surface area (Å²) in [5.41, 5.74) is -1.64. The lowest BCUT2D eigenvalue weighted by Crippen LogP contribution is -2.44. The average Bonchev–Trinajstić information content (AvgIpc) is 3.31. The molecule has 1 aliphatic rings. The molecule has 1 fully saturated rings. The standard InChI is InChI=1S/C39H65F2N2O12P/c1-9-10-11-12-13-14-15-16-17-18-19-20-21-31(44)55-34-30(54-35(39(34,40)41)43-23-22-29(2)42-36(43)47)26-51-56(48,52-27-49-32(45)24-37(3,4)5)53-28-50-33(46)25-38(6,7)8/h22-23,30,34-35H,9-21,24-28H2,1-8H3/t30-,34-,35-/m1/s1. The van der Waals surface area contributed by atoms with Crippen LogP contribution in [0.15, 0.2) is 17.1 Å². The van der Waals surface area contributed by atoms with E-state index < -0.39 is 86.8 Å². The molecule has 2 rings (SSSR count). The molecule has 0 unspecified atom stereocenters. The highest BCUT2D eigenvalue weighted by atomic mass is 31.2. The molecule has 2 heterocycles. The van der Waals surface area contributed by atoms with E-state index in [1.807, 2.05) is 0 Å². The minimum absolute atomic E-state index is 0.0152. The maximum absolute atomic E-state index is 16.1. The minimum Gasteiger partial charge on any atom is -0.453 e. The van der Waals surface area contributed by atoms with Gasteiger partial charge >= 0.3 is 37.3 Å². The van der Waals surface area contributed by atoms with E-state index in [9.17, 15) is 23.7 Å². The molecule has 0 N–H and O–H groups in total. The van der Waals surface area contributed by atoms with Crippen LogP contribution in [0.2, 0.25) is 0 Å². The van der Waals surface area contributed by atoms with Gasteiger partial charge in [0, 0.05) is 18.3 Å². The number of phosphoric ester groups is 1. The van der Waals surface area contributed by atoms with Crippen molar-refractivity contribution in [2.75, 3.05) is 20.2 Å². The fourth-order valence-corrected chi connectivity index (χ4v) is 6.71. The van der Waals surface area contributed by atoms with Gasteiger partial charge in [0.25, 0.3) is 0 Å². The number of hydrogen-bond acceptors (Lipinski definition) is 13. The SMILES string of the molecule is CCCCCCCCCCCCCCC(=O)O[C@@H]1[C@@H](COP(=O)(OCOC(=O)CC(C)(C)C)OCOC(=O)CC(C)(C)C)O[C@@H](n2ccc(C)nc2=O)C1(F)F. The quantitative estimate of drug-likeness (QED) is 0.0286. The van der Waals surface area contributed by atoms with Crippen LogP contribution in [0, 0.1) is 17.8 Å². The van der Waals surface area contributed by atoms with Gasteiger partial charge in [0.05, 0.1) is 19.4 Å². The van der Waals surface area contributed by atoms with Gasteiger partial charge in [-0.2, -0.15) is 13.8 Å². The van der Waals surface area contributed by atoms with E-state index in [2.05, 4.69) is 11.9 Å². The lowest BCUT2D eigenvalue weighted by molar-refractivity contribution is -0.176. The van der Waals surface area contributed by atoms with Crippen molar-refractivity contribution in [2.24, 2.45) is 10.8 Å². The molecule has 1 aromatic heterocycles. The van der Waals surface area contributed by atoms with Gasteiger partial charge in [0.2, 0.25) is 19.8 Å². The lowest BCUT2D eigenvalue weighted by Gasteiger charge is -2.25. The van der Waals surface area contributed by atoms with Crippen LogP contribution in [-0.2, 0) is 51.5 Å². The van der Waals surface area contributed by atoms with Crippen molar-refractivity contribution in [3.63, 3.8) is 0 Å². The number of carbonyl (C=O) groups is 3. The summed E-state index contributed by atoms with van der Waals surface area (Å²) in [7, 11) is -4.84. The number of unbranched alkanes of at least 4 members (excludes halogenated alkanes) is 11. The van der Waals surface area contributed by atoms with Gasteiger partial charge in [-0.1, -0.05) is 119 Å². The summed E-state index contributed by atoms with van der Waals surface area (Å²) in [4.78, 5) is 53.8. The first kappa shape index (κ1) is 49.4. The Morgan fingerprint density at radius 1 is 0.804 bits per heavy atom. The summed E-state index contributed by atoms with van der Waals surface area (Å²) in [6.07, 6.45) is 7.27. The highest BCUT2D eigenvalue weighted by Crippen LogP contribution is 2.51. The van der Waals surface area contributed by atoms with Crippen molar-refractivity contribution in [2.45, 2.75) is 176 Å². The van der Waals surface area contributed by atoms with Gasteiger partial charge in [-0.3, -0.25) is 23.5 Å². The highest BCUT2D eigenvalue weighted by molar-refractivity contribution is 7.48. The number of phosphoric acid groups is 1. The van der Waals surface area contributed by atoms with Crippen LogP contribution in [-0.4, -0.2) is 65.8 Å². The molecule has 3 atom stereocenters. The molecule has 0 amide bonds. The number of nitrogens with zero attached hydrogens (tertiary/aromatic N) is 2. The van der Waals surface area contributed by atoms with Crippen LogP contribution in [0.3, 0.4) is 0 Å². The van der Waals surface area contributed by atoms with Crippen molar-refractivity contribution in [1.29, 1.82) is 0 Å². The van der Waals surface area contributed by atoms with Gasteiger partial charge in [-0.25, -0.2) is 18.4 Å². The van der Waals surface area contributed by atoms with E-state index in [-0.39, 0.29) is 25.0 Å². The van der Waals surface area contributed by atoms with Crippen LogP contribution in [0.4, 0.5) is 8.78 Å². The van der Waals surface area contributed by atoms with E-state index in [1.165, 1.54) is 51.5 Å². The number of esters is 3. The zero-order valence-electron chi connectivity index (χ0n) is 34.6. The molecule has 1 aromatic rings. The lowest BCUT2D eigenvalue weighted by atomic mass is 9.92. The van der Waals surface area contributed by atoms with Crippen LogP contribution in [0.25, 0.3) is 0 Å². The minimum atomic E-state index is -4.84. The third kappa shape index (κ3) is 19.1. The van der Waals surface area contributed by atoms with Crippen LogP contribution in [0.5, 0.6) is 0 Å². The third-order valence-electron chi connectivity index (χ3n) is 8.67. The number of alkyl halides is 2. The van der Waals surface area contributed by atoms with Gasteiger partial charge in [-0.15, -0.1) is 0 Å². The second-order valence-electron chi connectivity index (χ2n) is 16.8. The Kier molecular flexibility index (Phi) is 20.8. The van der Waals surface area contributed by atoms with Crippen LogP contribution >= 0.6 is 7.82 Å². The molecular formula is C39H65F2N2O12P. The Hall–Kier alpha value is -2.78. The number of ether oxygens (including phenoxy) is 4. The summed E-state index contributed by atoms with van der Waals surface area (Å²) in [6.45, 7) is 11.7. The predicted molar refractivity (Wildman–Crippen MR) is 203 cm³/mol. The third-order valence-corrected chi connectivity index (χ3v) is 9.98. The monoisotopic (exact) mass is 822 g/mol. The first-order valence-corrected chi connectivity index (χ1v) is 21.3. The number of aromatic nitrogens is 2. The number of aryl methyl sites for hydroxylation is 1. The van der Waals surface area contributed by atoms with Gasteiger partial charge in [-0.05, 0) is 30.2 Å². The molecule has 322 valence electrons. The van der Waals surface area contributed by atoms with E-state index in [0.717, 1.165) is 31.9 Å². The van der Waals surface area contributed by atoms with E-state index in [1.54, 1.807) is 41.5 Å². The summed E-state index contributed by atoms with van der Waals surface area (Å²) >= 11 is 0. The topological polar surface area (TPSA) is 168 Å². The Morgan fingerprint density at radius 3 is 1.75 bits per heavy atom. The van der Waals surface area contributed by atoms with Crippen molar-refractivity contribution in [1.82, 2.24) is 9.55 Å². The second-order valence-corrected chi connectivity index (χ2v) is 18.4. The zero-order chi connectivity index (χ0) is 42.0. The van der Waals surface area contributed by atoms with E-state index >= 15 is 8.78 Å². The fourth-order valence-electron chi connectivity index (χ4n) is 5.79. The Labute approximate surface area is 330 Å². The molecule has 17 heteroatoms. The maximum atomic E-state index is 16.1. The first-order valence-electron chi connectivity index (χ1n) is 19.8. The summed E-state index contributed by atoms with van der Waals surface area (Å²) in [5, 5.41) is 0. The van der Waals surface area contributed by atoms with E-state index in [4.69, 9.17) is 32.5 Å². The second kappa shape index (κ2) is 23.6. The molecule has 0 aromatic carbocycles. The number of halogens is 2. The zero-order valence-corrected chi connectivity index (χ0v) is 35.5. The molecule has 0 saturated carbocycles. The molecule has 0 spiro atoms. The van der Waals surface area contributed by atoms with Gasteiger partial charge in [0.15, 0.2) is 6.10 Å². The Balaban J connectivity index is 2.13. The number of carbonyl (C=O) groups excluding carboxylic acids is 3. The molecule has 56 heavy (non-hydrogen) atoms. The van der Waals surface area contributed by atoms with Crippen LogP contribution in [0.1, 0.15) is 157 Å². The van der Waals surface area contributed by atoms with Gasteiger partial charge < -0.3 is 18.9 Å². The summed E-state index contributed by atoms with van der Waals surface area (Å²) < 4.78 is 83.1. The Morgan fingerprint density at radius 2 is 1.29 bits per heavy atom. The number of hydrogen-bond donors (Lipinski definition) is 0. The largest absolute Gasteiger partial charge is 0.480 e. The highest BCUT2D eigenvalue weighted by Gasteiger charge is 2.63. The predicted octanol–water partition coefficient (Wildman–Crippen LogP) is 9.12. The normalized spacial score (nSPS) is 18.5. The molecule has 14 nitrogen and oxygen atoms in total. The van der Waals surface area contributed by atoms with Crippen molar-refractivity contribution in [3.8, 4) is 0 Å².